The number of benzene rings is 2. The average Bonchev–Trinajstić information content (AvgIpc) is 3.25. The van der Waals surface area contributed by atoms with E-state index in [1.807, 2.05) is 39.3 Å². The number of ether oxygens (including phenoxy) is 1. The third-order valence-electron chi connectivity index (χ3n) is 8.28. The van der Waals surface area contributed by atoms with Gasteiger partial charge in [0, 0.05) is 54.4 Å². The van der Waals surface area contributed by atoms with Crippen molar-refractivity contribution in [1.29, 1.82) is 5.26 Å². The minimum absolute atomic E-state index is 0. The molecule has 208 valence electrons. The Kier molecular flexibility index (Phi) is 7.25. The van der Waals surface area contributed by atoms with Crippen molar-refractivity contribution in [3.8, 4) is 23.1 Å². The largest absolute Gasteiger partial charge is 0.494 e. The summed E-state index contributed by atoms with van der Waals surface area (Å²) < 4.78 is 8.12. The molecule has 0 amide bonds. The molecule has 0 aliphatic heterocycles. The number of aromatic nitrogens is 3. The van der Waals surface area contributed by atoms with Crippen molar-refractivity contribution < 1.29 is 4.74 Å². The molecular formula is C30H35ClN8O. The van der Waals surface area contributed by atoms with E-state index in [-0.39, 0.29) is 17.9 Å². The molecule has 7 rings (SSSR count). The number of hydrogen-bond acceptors (Lipinski definition) is 8. The van der Waals surface area contributed by atoms with E-state index in [4.69, 9.17) is 15.5 Å². The molecule has 3 N–H and O–H groups in total. The fourth-order valence-corrected chi connectivity index (χ4v) is 5.99. The molecule has 0 saturated heterocycles. The van der Waals surface area contributed by atoms with Gasteiger partial charge in [-0.2, -0.15) is 5.26 Å². The van der Waals surface area contributed by atoms with Crippen LogP contribution < -0.4 is 20.7 Å². The second-order valence-corrected chi connectivity index (χ2v) is 11.2. The van der Waals surface area contributed by atoms with Gasteiger partial charge in [0.2, 0.25) is 5.95 Å². The van der Waals surface area contributed by atoms with E-state index < -0.39 is 0 Å². The molecule has 9 nitrogen and oxygen atoms in total. The summed E-state index contributed by atoms with van der Waals surface area (Å²) in [5, 5.41) is 14.3. The number of nitriles is 1. The fourth-order valence-electron chi connectivity index (χ4n) is 5.99. The molecule has 10 heteroatoms. The van der Waals surface area contributed by atoms with E-state index in [9.17, 15) is 5.26 Å². The zero-order chi connectivity index (χ0) is 27.3. The highest BCUT2D eigenvalue weighted by Crippen LogP contribution is 2.63. The van der Waals surface area contributed by atoms with Crippen LogP contribution in [0.4, 0.5) is 23.0 Å². The number of likely N-dealkylation sites (N-methyl/N-ethyl adjacent to an activating group) is 2. The van der Waals surface area contributed by atoms with Crippen LogP contribution in [0.15, 0.2) is 48.8 Å². The molecule has 3 fully saturated rings. The molecule has 3 aliphatic rings. The molecule has 2 bridgehead atoms. The van der Waals surface area contributed by atoms with Crippen molar-refractivity contribution in [2.45, 2.75) is 24.8 Å². The number of anilines is 4. The molecule has 3 saturated carbocycles. The van der Waals surface area contributed by atoms with E-state index in [0.29, 0.717) is 34.3 Å². The Balaban J connectivity index is 0.00000323. The van der Waals surface area contributed by atoms with Gasteiger partial charge in [0.25, 0.3) is 0 Å². The third kappa shape index (κ3) is 4.57. The van der Waals surface area contributed by atoms with Crippen LogP contribution in [0.25, 0.3) is 22.2 Å². The summed E-state index contributed by atoms with van der Waals surface area (Å²) in [5.74, 6) is 1.86. The topological polar surface area (TPSA) is 108 Å². The Hall–Kier alpha value is -4.00. The lowest BCUT2D eigenvalue weighted by atomic mass is 9.49. The van der Waals surface area contributed by atoms with Crippen molar-refractivity contribution in [3.63, 3.8) is 0 Å². The highest BCUT2D eigenvalue weighted by Gasteiger charge is 2.58. The predicted molar refractivity (Wildman–Crippen MR) is 163 cm³/mol. The number of nitrogen functional groups attached to an aromatic ring is 1. The maximum atomic E-state index is 9.94. The van der Waals surface area contributed by atoms with Crippen LogP contribution in [0.5, 0.6) is 5.75 Å². The van der Waals surface area contributed by atoms with Crippen molar-refractivity contribution in [2.75, 3.05) is 57.3 Å². The lowest BCUT2D eigenvalue weighted by Gasteiger charge is -2.62. The molecule has 0 atom stereocenters. The zero-order valence-electron chi connectivity index (χ0n) is 23.3. The number of fused-ring (bicyclic) bond motifs is 1. The maximum Gasteiger partial charge on any atom is 0.227 e. The Labute approximate surface area is 241 Å². The van der Waals surface area contributed by atoms with Gasteiger partial charge in [-0.1, -0.05) is 18.2 Å². The summed E-state index contributed by atoms with van der Waals surface area (Å²) >= 11 is 0. The van der Waals surface area contributed by atoms with Gasteiger partial charge in [0.05, 0.1) is 41.6 Å². The molecule has 0 unspecified atom stereocenters. The van der Waals surface area contributed by atoms with Crippen LogP contribution in [0.1, 0.15) is 24.8 Å². The van der Waals surface area contributed by atoms with Gasteiger partial charge >= 0.3 is 0 Å². The Morgan fingerprint density at radius 3 is 2.58 bits per heavy atom. The fraction of sp³-hybridized carbons (Fsp3) is 0.367. The van der Waals surface area contributed by atoms with Crippen LogP contribution in [0.2, 0.25) is 0 Å². The van der Waals surface area contributed by atoms with Crippen LogP contribution in [0.3, 0.4) is 0 Å². The van der Waals surface area contributed by atoms with Crippen molar-refractivity contribution in [2.24, 2.45) is 5.92 Å². The SMILES string of the molecule is COc1cc(N(C)CCN(C)C)c(N)cc1Nc1ncc(C#N)c(-c2cn(C34CC(C3)C4)c3ccccc23)n1.Cl. The summed E-state index contributed by atoms with van der Waals surface area (Å²) in [6, 6.07) is 14.4. The van der Waals surface area contributed by atoms with Crippen LogP contribution >= 0.6 is 12.4 Å². The average molecular weight is 559 g/mol. The molecular weight excluding hydrogens is 524 g/mol. The van der Waals surface area contributed by atoms with Crippen molar-refractivity contribution in [3.05, 3.63) is 54.4 Å². The summed E-state index contributed by atoms with van der Waals surface area (Å²) in [6.45, 7) is 1.73. The highest BCUT2D eigenvalue weighted by molar-refractivity contribution is 5.97. The van der Waals surface area contributed by atoms with E-state index >= 15 is 0 Å². The predicted octanol–water partition coefficient (Wildman–Crippen LogP) is 5.23. The standard InChI is InChI=1S/C30H34N8O.ClH/c1-36(2)9-10-37(3)26-12-27(39-4)24(11-23(26)32)34-29-33-17-20(16-31)28(35-29)22-18-38(30-13-19(14-30)15-30)25-8-6-5-7-21(22)25;/h5-8,11-12,17-19H,9-10,13-15,32H2,1-4H3,(H,33,34,35);1H. The minimum atomic E-state index is 0. The van der Waals surface area contributed by atoms with Crippen molar-refractivity contribution >= 4 is 46.3 Å². The summed E-state index contributed by atoms with van der Waals surface area (Å²) in [5.41, 5.74) is 12.0. The van der Waals surface area contributed by atoms with Crippen molar-refractivity contribution in [1.82, 2.24) is 19.4 Å². The first kappa shape index (κ1) is 27.6. The first-order valence-electron chi connectivity index (χ1n) is 13.3. The number of hydrogen-bond donors (Lipinski definition) is 2. The van der Waals surface area contributed by atoms with Gasteiger partial charge < -0.3 is 30.2 Å². The zero-order valence-corrected chi connectivity index (χ0v) is 24.1. The molecule has 2 aromatic carbocycles. The third-order valence-corrected chi connectivity index (χ3v) is 8.28. The summed E-state index contributed by atoms with van der Waals surface area (Å²) in [7, 11) is 7.74. The monoisotopic (exact) mass is 558 g/mol. The second-order valence-electron chi connectivity index (χ2n) is 11.2. The molecule has 2 heterocycles. The smallest absolute Gasteiger partial charge is 0.227 e. The van der Waals surface area contributed by atoms with Gasteiger partial charge in [-0.15, -0.1) is 12.4 Å². The van der Waals surface area contributed by atoms with Gasteiger partial charge in [-0.05, 0) is 51.4 Å². The van der Waals surface area contributed by atoms with E-state index in [2.05, 4.69) is 55.1 Å². The lowest BCUT2D eigenvalue weighted by molar-refractivity contribution is -0.0854. The van der Waals surface area contributed by atoms with E-state index in [0.717, 1.165) is 35.6 Å². The van der Waals surface area contributed by atoms with E-state index in [1.165, 1.54) is 24.8 Å². The van der Waals surface area contributed by atoms with Crippen LogP contribution in [0, 0.1) is 17.2 Å². The summed E-state index contributed by atoms with van der Waals surface area (Å²) in [6.07, 6.45) is 7.46. The quantitative estimate of drug-likeness (QED) is 0.269. The van der Waals surface area contributed by atoms with Crippen LogP contribution in [-0.4, -0.2) is 60.8 Å². The number of halogens is 1. The molecule has 3 aliphatic carbocycles. The molecule has 4 aromatic rings. The minimum Gasteiger partial charge on any atom is -0.494 e. The number of rotatable bonds is 9. The first-order chi connectivity index (χ1) is 18.8. The molecule has 40 heavy (non-hydrogen) atoms. The second kappa shape index (κ2) is 10.5. The highest BCUT2D eigenvalue weighted by atomic mass is 35.5. The number of para-hydroxylation sites is 1. The Bertz CT molecular complexity index is 1590. The normalized spacial score (nSPS) is 18.9. The van der Waals surface area contributed by atoms with Crippen LogP contribution in [-0.2, 0) is 5.54 Å². The summed E-state index contributed by atoms with van der Waals surface area (Å²) in [4.78, 5) is 13.5. The Morgan fingerprint density at radius 2 is 1.93 bits per heavy atom. The van der Waals surface area contributed by atoms with Gasteiger partial charge in [-0.3, -0.25) is 0 Å². The molecule has 0 spiro atoms. The van der Waals surface area contributed by atoms with E-state index in [1.54, 1.807) is 13.3 Å². The maximum absolute atomic E-state index is 9.94. The number of nitrogens with one attached hydrogen (secondary N) is 1. The van der Waals surface area contributed by atoms with Gasteiger partial charge in [-0.25, -0.2) is 9.97 Å². The van der Waals surface area contributed by atoms with Gasteiger partial charge in [0.15, 0.2) is 0 Å². The first-order valence-corrected chi connectivity index (χ1v) is 13.3. The molecule has 2 aromatic heterocycles. The Morgan fingerprint density at radius 1 is 1.18 bits per heavy atom. The number of nitrogens with zero attached hydrogens (tertiary/aromatic N) is 6. The molecule has 0 radical (unpaired) electrons. The number of methoxy groups -OCH3 is 1. The lowest BCUT2D eigenvalue weighted by Crippen LogP contribution is -2.58. The number of nitrogens with two attached hydrogens (primary N) is 1. The van der Waals surface area contributed by atoms with Gasteiger partial charge in [0.1, 0.15) is 11.8 Å².